The summed E-state index contributed by atoms with van der Waals surface area (Å²) < 4.78 is 12.4. The van der Waals surface area contributed by atoms with E-state index in [9.17, 15) is 0 Å². The zero-order valence-electron chi connectivity index (χ0n) is 45.9. The fourth-order valence-electron chi connectivity index (χ4n) is 12.6. The van der Waals surface area contributed by atoms with Crippen LogP contribution in [0.2, 0.25) is 0 Å². The molecule has 0 unspecified atom stereocenters. The SMILES string of the molecule is CC(C)(C)c1ccc(N(c2ccc(C(C)(C)C)cc2)c2ccc3c(c2)B2c4c(cc5sc6ccccc6c5c4N3c3cccc4c3oc3ccccc34)-c3cc(C(C)(C)C)cc4c5cc(C(C)(C)C)ccc5n2c34)cc1. The molecule has 0 radical (unpaired) electrons. The minimum Gasteiger partial charge on any atom is -0.454 e. The van der Waals surface area contributed by atoms with Gasteiger partial charge in [-0.1, -0.05) is 162 Å². The van der Waals surface area contributed by atoms with E-state index in [0.29, 0.717) is 0 Å². The Balaban J connectivity index is 1.15. The fourth-order valence-corrected chi connectivity index (χ4v) is 13.8. The van der Waals surface area contributed by atoms with Crippen LogP contribution in [-0.2, 0) is 21.7 Å². The van der Waals surface area contributed by atoms with E-state index in [2.05, 4.69) is 267 Å². The van der Waals surface area contributed by atoms with Gasteiger partial charge in [-0.15, -0.1) is 11.3 Å². The molecule has 0 atom stereocenters. The van der Waals surface area contributed by atoms with Crippen LogP contribution in [0.3, 0.4) is 0 Å². The molecule has 2 aliphatic heterocycles. The number of furan rings is 1. The summed E-state index contributed by atoms with van der Waals surface area (Å²) in [5.41, 5.74) is 21.5. The second-order valence-corrected chi connectivity index (χ2v) is 26.9. The molecule has 0 saturated carbocycles. The topological polar surface area (TPSA) is 24.6 Å². The summed E-state index contributed by atoms with van der Waals surface area (Å²) in [6.45, 7) is 27.7. The van der Waals surface area contributed by atoms with Crippen LogP contribution in [0.5, 0.6) is 0 Å². The molecule has 4 nitrogen and oxygen atoms in total. The van der Waals surface area contributed by atoms with E-state index >= 15 is 0 Å². The Morgan fingerprint density at radius 1 is 0.447 bits per heavy atom. The Labute approximate surface area is 451 Å². The first-order chi connectivity index (χ1) is 36.2. The number of fused-ring (bicyclic) bond motifs is 14. The number of para-hydroxylation sites is 2. The maximum absolute atomic E-state index is 7.08. The highest BCUT2D eigenvalue weighted by atomic mass is 32.1. The van der Waals surface area contributed by atoms with Crippen molar-refractivity contribution in [2.45, 2.75) is 105 Å². The van der Waals surface area contributed by atoms with Crippen LogP contribution in [-0.4, -0.2) is 11.3 Å². The normalized spacial score (nSPS) is 13.7. The Hall–Kier alpha value is -7.54. The Morgan fingerprint density at radius 3 is 1.71 bits per heavy atom. The third-order valence-corrected chi connectivity index (χ3v) is 17.9. The largest absolute Gasteiger partial charge is 0.454 e. The van der Waals surface area contributed by atoms with Gasteiger partial charge in [0, 0.05) is 81.1 Å². The van der Waals surface area contributed by atoms with Gasteiger partial charge in [0.25, 0.3) is 0 Å². The number of nitrogens with zero attached hydrogens (tertiary/aromatic N) is 3. The van der Waals surface area contributed by atoms with Crippen molar-refractivity contribution in [1.82, 2.24) is 4.48 Å². The van der Waals surface area contributed by atoms with Gasteiger partial charge in [-0.2, -0.15) is 0 Å². The zero-order chi connectivity index (χ0) is 52.5. The number of hydrogen-bond donors (Lipinski definition) is 0. The van der Waals surface area contributed by atoms with Crippen molar-refractivity contribution >= 4 is 127 Å². The van der Waals surface area contributed by atoms with Crippen LogP contribution >= 0.6 is 11.3 Å². The van der Waals surface area contributed by atoms with Gasteiger partial charge in [0.1, 0.15) is 5.58 Å². The third kappa shape index (κ3) is 6.95. The number of benzene rings is 9. The van der Waals surface area contributed by atoms with E-state index in [1.54, 1.807) is 0 Å². The second-order valence-electron chi connectivity index (χ2n) is 25.8. The summed E-state index contributed by atoms with van der Waals surface area (Å²) >= 11 is 1.91. The average Bonchev–Trinajstić information content (AvgIpc) is 3.87. The maximum Gasteiger partial charge on any atom is 0.333 e. The number of rotatable bonds is 4. The molecule has 5 heterocycles. The van der Waals surface area contributed by atoms with Crippen molar-refractivity contribution < 1.29 is 4.42 Å². The van der Waals surface area contributed by atoms with Gasteiger partial charge >= 0.3 is 6.85 Å². The van der Waals surface area contributed by atoms with Gasteiger partial charge in [0.2, 0.25) is 0 Å². The van der Waals surface area contributed by atoms with Gasteiger partial charge in [-0.3, -0.25) is 0 Å². The summed E-state index contributed by atoms with van der Waals surface area (Å²) in [5, 5.41) is 7.42. The predicted molar refractivity (Wildman–Crippen MR) is 330 cm³/mol. The first-order valence-corrected chi connectivity index (χ1v) is 28.0. The molecule has 0 spiro atoms. The highest BCUT2D eigenvalue weighted by molar-refractivity contribution is 7.26. The number of hydrogen-bond acceptors (Lipinski definition) is 4. The zero-order valence-corrected chi connectivity index (χ0v) is 46.7. The minimum absolute atomic E-state index is 0.0173. The van der Waals surface area contributed by atoms with Crippen molar-refractivity contribution in [2.24, 2.45) is 0 Å². The Kier molecular flexibility index (Phi) is 9.89. The summed E-state index contributed by atoms with van der Waals surface area (Å²) in [4.78, 5) is 5.07. The average molecular weight is 1010 g/mol. The number of aromatic nitrogens is 1. The molecule has 0 N–H and O–H groups in total. The quantitative estimate of drug-likeness (QED) is 0.164. The molecule has 374 valence electrons. The molecule has 0 amide bonds. The highest BCUT2D eigenvalue weighted by Crippen LogP contribution is 2.54. The lowest BCUT2D eigenvalue weighted by Gasteiger charge is -2.41. The lowest BCUT2D eigenvalue weighted by Crippen LogP contribution is -2.56. The van der Waals surface area contributed by atoms with E-state index in [-0.39, 0.29) is 28.5 Å². The van der Waals surface area contributed by atoms with Crippen molar-refractivity contribution in [1.29, 1.82) is 0 Å². The van der Waals surface area contributed by atoms with Crippen molar-refractivity contribution in [3.8, 4) is 11.1 Å². The predicted octanol–water partition coefficient (Wildman–Crippen LogP) is 19.1. The summed E-state index contributed by atoms with van der Waals surface area (Å²) in [6.07, 6.45) is 0. The molecule has 9 aromatic carbocycles. The van der Waals surface area contributed by atoms with Crippen LogP contribution in [0.15, 0.2) is 174 Å². The first kappa shape index (κ1) is 47.0. The molecule has 0 fully saturated rings. The monoisotopic (exact) mass is 1010 g/mol. The van der Waals surface area contributed by atoms with Crippen molar-refractivity contribution in [2.75, 3.05) is 9.80 Å². The summed E-state index contributed by atoms with van der Waals surface area (Å²) in [7, 11) is 0. The lowest BCUT2D eigenvalue weighted by molar-refractivity contribution is 0.590. The van der Waals surface area contributed by atoms with Crippen LogP contribution < -0.4 is 20.7 Å². The van der Waals surface area contributed by atoms with Gasteiger partial charge in [-0.05, 0) is 151 Å². The molecule has 76 heavy (non-hydrogen) atoms. The molecule has 6 heteroatoms. The molecular formula is C70H64BN3OS. The van der Waals surface area contributed by atoms with E-state index < -0.39 is 0 Å². The summed E-state index contributed by atoms with van der Waals surface area (Å²) in [5.74, 6) is 0. The molecule has 0 aliphatic carbocycles. The van der Waals surface area contributed by atoms with Crippen molar-refractivity contribution in [3.63, 3.8) is 0 Å². The maximum atomic E-state index is 7.08. The molecule has 3 aromatic heterocycles. The molecule has 0 bridgehead atoms. The minimum atomic E-state index is -0.184. The lowest BCUT2D eigenvalue weighted by atomic mass is 9.44. The Bertz CT molecular complexity index is 4330. The smallest absolute Gasteiger partial charge is 0.333 e. The third-order valence-electron chi connectivity index (χ3n) is 16.8. The van der Waals surface area contributed by atoms with E-state index in [1.807, 2.05) is 11.3 Å². The van der Waals surface area contributed by atoms with Gasteiger partial charge in [-0.25, -0.2) is 0 Å². The van der Waals surface area contributed by atoms with Crippen LogP contribution in [0.4, 0.5) is 34.1 Å². The van der Waals surface area contributed by atoms with Gasteiger partial charge in [0.05, 0.1) is 11.4 Å². The first-order valence-electron chi connectivity index (χ1n) is 27.2. The molecule has 0 saturated heterocycles. The van der Waals surface area contributed by atoms with Crippen LogP contribution in [0.25, 0.3) is 75.0 Å². The number of thiophene rings is 1. The van der Waals surface area contributed by atoms with Crippen molar-refractivity contribution in [3.05, 3.63) is 192 Å². The van der Waals surface area contributed by atoms with E-state index in [0.717, 1.165) is 50.4 Å². The summed E-state index contributed by atoms with van der Waals surface area (Å²) in [6, 6.07) is 65.1. The molecule has 2 aliphatic rings. The van der Waals surface area contributed by atoms with Gasteiger partial charge in [0.15, 0.2) is 5.58 Å². The highest BCUT2D eigenvalue weighted by Gasteiger charge is 2.45. The van der Waals surface area contributed by atoms with Crippen LogP contribution in [0, 0.1) is 0 Å². The fraction of sp³-hybridized carbons (Fsp3) is 0.229. The second kappa shape index (κ2) is 16.0. The molecular weight excluding hydrogens is 942 g/mol. The standard InChI is InChI=1S/C70H64BN3OS/c1-67(2,3)41-24-29-45(30-25-41)72(46-31-26-42(27-32-46)68(4,5)6)47-33-35-57-55(39-47)71-63-52(54-38-44(70(10,11)12)37-53-51-36-43(69(7,8)9)28-34-56(51)74(71)64(53)54)40-61-62(50-19-14-16-23-60(50)76-61)65(63)73(57)58-21-17-20-49-48-18-13-15-22-59(48)75-66(49)58/h13-40H,1-12H3. The van der Waals surface area contributed by atoms with Gasteiger partial charge < -0.3 is 18.7 Å². The van der Waals surface area contributed by atoms with E-state index in [4.69, 9.17) is 4.42 Å². The molecule has 12 aromatic rings. The Morgan fingerprint density at radius 2 is 1.04 bits per heavy atom. The van der Waals surface area contributed by atoms with Crippen LogP contribution in [0.1, 0.15) is 105 Å². The van der Waals surface area contributed by atoms with E-state index in [1.165, 1.54) is 92.0 Å². The molecule has 14 rings (SSSR count). The number of anilines is 6.